The maximum atomic E-state index is 12.6. The van der Waals surface area contributed by atoms with Gasteiger partial charge in [0.2, 0.25) is 11.8 Å². The molecular weight excluding hydrogens is 1260 g/mol. The minimum Gasteiger partial charge on any atom is -0.493 e. The fraction of sp³-hybridized carbons (Fsp3) is 0.301. The van der Waals surface area contributed by atoms with Crippen molar-refractivity contribution in [3.05, 3.63) is 180 Å². The molecule has 25 heteroatoms. The molecule has 1 aliphatic carbocycles. The van der Waals surface area contributed by atoms with Gasteiger partial charge in [-0.25, -0.2) is 14.0 Å². The van der Waals surface area contributed by atoms with Crippen molar-refractivity contribution in [1.29, 1.82) is 0 Å². The summed E-state index contributed by atoms with van der Waals surface area (Å²) in [5.41, 5.74) is 23.7. The molecule has 8 aromatic rings. The van der Waals surface area contributed by atoms with E-state index in [9.17, 15) is 28.8 Å². The van der Waals surface area contributed by atoms with Crippen LogP contribution in [0.15, 0.2) is 153 Å². The van der Waals surface area contributed by atoms with Crippen LogP contribution < -0.4 is 53.3 Å². The number of nitrogens with one attached hydrogen (secondary N) is 5. The number of likely N-dealkylation sites (tertiary alicyclic amines) is 1. The number of rotatable bonds is 19. The second-order valence-electron chi connectivity index (χ2n) is 24.7. The number of carbonyl (C=O) groups is 6. The van der Waals surface area contributed by atoms with Gasteiger partial charge in [0.05, 0.1) is 31.3 Å². The van der Waals surface area contributed by atoms with E-state index in [0.717, 1.165) is 67.0 Å². The van der Waals surface area contributed by atoms with Crippen molar-refractivity contribution < 1.29 is 38.2 Å². The van der Waals surface area contributed by atoms with Gasteiger partial charge in [0, 0.05) is 72.2 Å². The maximum Gasteiger partial charge on any atom is 0.298 e. The smallest absolute Gasteiger partial charge is 0.298 e. The lowest BCUT2D eigenvalue weighted by atomic mass is 9.87. The summed E-state index contributed by atoms with van der Waals surface area (Å²) in [6.45, 7) is 12.0. The number of hydrogen-bond acceptors (Lipinski definition) is 15. The highest BCUT2D eigenvalue weighted by Gasteiger charge is 2.37. The topological polar surface area (TPSA) is 319 Å². The van der Waals surface area contributed by atoms with E-state index < -0.39 is 17.7 Å². The van der Waals surface area contributed by atoms with Gasteiger partial charge in [-0.2, -0.15) is 15.3 Å². The van der Waals surface area contributed by atoms with E-state index >= 15 is 0 Å². The van der Waals surface area contributed by atoms with Crippen LogP contribution in [0, 0.1) is 23.7 Å². The van der Waals surface area contributed by atoms with Crippen LogP contribution in [0.4, 0.5) is 23.1 Å². The van der Waals surface area contributed by atoms with E-state index in [0.29, 0.717) is 131 Å². The summed E-state index contributed by atoms with van der Waals surface area (Å²) in [6, 6.07) is 39.1. The predicted octanol–water partition coefficient (Wildman–Crippen LogP) is 9.53. The zero-order valence-corrected chi connectivity index (χ0v) is 55.4. The first-order valence-corrected chi connectivity index (χ1v) is 33.0. The van der Waals surface area contributed by atoms with Crippen LogP contribution in [0.25, 0.3) is 33.8 Å². The van der Waals surface area contributed by atoms with Gasteiger partial charge in [0.15, 0.2) is 0 Å². The summed E-state index contributed by atoms with van der Waals surface area (Å²) in [6.07, 6.45) is 9.01. The minimum absolute atomic E-state index is 0.0804. The van der Waals surface area contributed by atoms with E-state index in [1.807, 2.05) is 138 Å². The summed E-state index contributed by atoms with van der Waals surface area (Å²) >= 11 is 6.15. The largest absolute Gasteiger partial charge is 0.493 e. The van der Waals surface area contributed by atoms with Gasteiger partial charge in [0.1, 0.15) is 68.5 Å². The Labute approximate surface area is 572 Å². The maximum absolute atomic E-state index is 12.6. The van der Waals surface area contributed by atoms with Gasteiger partial charge >= 0.3 is 0 Å². The van der Waals surface area contributed by atoms with Crippen LogP contribution in [-0.2, 0) is 14.4 Å². The molecule has 13 rings (SSSR count). The number of fused-ring (bicyclic) bond motifs is 3. The number of primary amides is 3. The molecular formula is C73H79ClN16O8. The lowest BCUT2D eigenvalue weighted by Gasteiger charge is -2.37. The fourth-order valence-corrected chi connectivity index (χ4v) is 12.7. The molecule has 11 N–H and O–H groups in total. The monoisotopic (exact) mass is 1340 g/mol. The first kappa shape index (κ1) is 68.2. The van der Waals surface area contributed by atoms with Gasteiger partial charge in [-0.15, -0.1) is 0 Å². The Balaban J connectivity index is 0.000000151. The third-order valence-corrected chi connectivity index (χ3v) is 17.8. The Hall–Kier alpha value is -11.2. The number of carbonyl (C=O) groups excluding carboxylic acids is 6. The van der Waals surface area contributed by atoms with Crippen molar-refractivity contribution in [3.63, 3.8) is 0 Å². The number of anilines is 4. The lowest BCUT2D eigenvalue weighted by Crippen LogP contribution is -2.41. The summed E-state index contributed by atoms with van der Waals surface area (Å²) in [4.78, 5) is 76.9. The summed E-state index contributed by atoms with van der Waals surface area (Å²) in [5.74, 6) is 8.48. The van der Waals surface area contributed by atoms with Gasteiger partial charge in [-0.3, -0.25) is 33.7 Å². The number of halogens is 1. The van der Waals surface area contributed by atoms with Gasteiger partial charge in [-0.05, 0) is 168 Å². The predicted molar refractivity (Wildman–Crippen MR) is 378 cm³/mol. The van der Waals surface area contributed by atoms with Crippen LogP contribution in [0.3, 0.4) is 0 Å². The van der Waals surface area contributed by atoms with E-state index in [1.54, 1.807) is 27.6 Å². The van der Waals surface area contributed by atoms with E-state index in [1.165, 1.54) is 25.0 Å². The molecule has 506 valence electrons. The van der Waals surface area contributed by atoms with Crippen molar-refractivity contribution in [2.24, 2.45) is 29.0 Å². The summed E-state index contributed by atoms with van der Waals surface area (Å²) < 4.78 is 17.2. The molecule has 98 heavy (non-hydrogen) atoms. The number of piperidine rings is 1. The number of nitrogens with two attached hydrogens (primary N) is 3. The molecule has 1 saturated heterocycles. The number of amides is 6. The average Bonchev–Trinajstić information content (AvgIpc) is 1.61. The fourth-order valence-electron chi connectivity index (χ4n) is 12.5. The molecule has 24 nitrogen and oxygen atoms in total. The molecule has 1 saturated carbocycles. The average molecular weight is 1340 g/mol. The lowest BCUT2D eigenvalue weighted by molar-refractivity contribution is -0.126. The Morgan fingerprint density at radius 2 is 1.17 bits per heavy atom. The number of benzene rings is 5. The number of hydrogen-bond donors (Lipinski definition) is 8. The number of ether oxygens (including phenoxy) is 2. The first-order valence-electron chi connectivity index (χ1n) is 32.6. The minimum atomic E-state index is -0.576. The highest BCUT2D eigenvalue weighted by atomic mass is 35.5. The molecule has 4 aliphatic heterocycles. The third-order valence-electron chi connectivity index (χ3n) is 17.6. The second-order valence-corrected chi connectivity index (χ2v) is 25.1. The molecule has 5 aromatic carbocycles. The van der Waals surface area contributed by atoms with E-state index in [-0.39, 0.29) is 35.8 Å². The van der Waals surface area contributed by atoms with Crippen molar-refractivity contribution >= 4 is 70.2 Å². The van der Waals surface area contributed by atoms with E-state index in [4.69, 9.17) is 48.5 Å². The SMILES string of the molecule is C=CC(=O)NCC1CCNc2c(C(N)=O)c(-c3ccc(OCC4CC4)cc3)nn21.C=CC(=O)Nc1ccccc1C1CCNc2c(C(N)=O)c(-c3cccc(Cl)c3)nn21.CN(C)CC#CC(=O)N1CCC([C@@H]2CCNc3c(C(N)=O)c(-c4ccc(Oc5ccccc5)cc4)nn32)CC1. The zero-order valence-electron chi connectivity index (χ0n) is 54.6. The van der Waals surface area contributed by atoms with Crippen LogP contribution in [0.2, 0.25) is 5.02 Å². The van der Waals surface area contributed by atoms with Crippen molar-refractivity contribution in [1.82, 2.24) is 44.5 Å². The number of aromatic nitrogens is 6. The van der Waals surface area contributed by atoms with Crippen LogP contribution in [0.1, 0.15) is 99.7 Å². The molecule has 7 heterocycles. The molecule has 6 amide bonds. The Bertz CT molecular complexity index is 4330. The molecule has 3 aromatic heterocycles. The van der Waals surface area contributed by atoms with Gasteiger partial charge in [-0.1, -0.05) is 79.2 Å². The van der Waals surface area contributed by atoms with Crippen LogP contribution >= 0.6 is 11.6 Å². The first-order chi connectivity index (χ1) is 47.5. The summed E-state index contributed by atoms with van der Waals surface area (Å²) in [5, 5.41) is 30.4. The molecule has 3 atom stereocenters. The standard InChI is InChI=1S/C30H34N6O3.C22H20ClN5O2.C21H25N5O3/c1-34(2)18-6-9-26(37)35-19-15-21(16-20-35)25-14-17-32-30-27(29(31)38)28(33-36(25)30)22-10-12-24(13-11-22)39-23-7-4-3-5-8-23;1-2-18(29)26-16-9-4-3-8-15(16)17-10-11-25-22-19(21(24)30)20(27-28(17)22)13-6-5-7-14(23)12-13;1-2-17(27)24-11-15-9-10-23-21-18(20(22)28)19(25-26(15)21)14-5-7-16(8-6-14)29-12-13-3-4-13/h3-5,7-8,10-13,21,25,32H,14-20H2,1-2H3,(H2,31,38);2-9,12,17,25H,1,10-11H2,(H2,24,30)(H,26,29);2,5-8,13,15,23H,1,3-4,9-12H2,(H2,22,28)(H,24,27)/t25-;;/m0../s1. The van der Waals surface area contributed by atoms with Crippen LogP contribution in [-0.4, -0.2) is 141 Å². The molecule has 0 bridgehead atoms. The van der Waals surface area contributed by atoms with Crippen molar-refractivity contribution in [2.45, 2.75) is 63.1 Å². The second kappa shape index (κ2) is 31.1. The van der Waals surface area contributed by atoms with Gasteiger partial charge < -0.3 is 58.2 Å². The Kier molecular flexibility index (Phi) is 21.7. The Morgan fingerprint density at radius 3 is 1.79 bits per heavy atom. The molecule has 0 spiro atoms. The number of para-hydroxylation sites is 2. The third kappa shape index (κ3) is 16.0. The van der Waals surface area contributed by atoms with Crippen molar-refractivity contribution in [2.75, 3.05) is 87.8 Å². The number of nitrogens with zero attached hydrogens (tertiary/aromatic N) is 8. The zero-order chi connectivity index (χ0) is 69.0. The molecule has 2 unspecified atom stereocenters. The van der Waals surface area contributed by atoms with Crippen LogP contribution in [0.5, 0.6) is 17.2 Å². The highest BCUT2D eigenvalue weighted by Crippen LogP contribution is 2.43. The van der Waals surface area contributed by atoms with E-state index in [2.05, 4.69) is 56.7 Å². The highest BCUT2D eigenvalue weighted by molar-refractivity contribution is 6.31. The quantitative estimate of drug-likeness (QED) is 0.0276. The molecule has 5 aliphatic rings. The van der Waals surface area contributed by atoms with Crippen molar-refractivity contribution in [3.8, 4) is 62.9 Å². The van der Waals surface area contributed by atoms with Gasteiger partial charge in [0.25, 0.3) is 23.6 Å². The normalized spacial score (nSPS) is 16.7. The molecule has 0 radical (unpaired) electrons. The molecule has 2 fully saturated rings. The Morgan fingerprint density at radius 1 is 0.622 bits per heavy atom. The summed E-state index contributed by atoms with van der Waals surface area (Å²) in [7, 11) is 3.86.